The molecule has 5 nitrogen and oxygen atoms in total. The minimum atomic E-state index is -0.121. The highest BCUT2D eigenvalue weighted by atomic mass is 16.5. The second-order valence-corrected chi connectivity index (χ2v) is 5.02. The summed E-state index contributed by atoms with van der Waals surface area (Å²) in [5.74, 6) is 0.647. The first-order valence-corrected chi connectivity index (χ1v) is 7.00. The van der Waals surface area contributed by atoms with E-state index in [1.807, 2.05) is 48.0 Å². The molecule has 0 saturated heterocycles. The van der Waals surface area contributed by atoms with Crippen molar-refractivity contribution in [2.75, 3.05) is 7.11 Å². The third-order valence-electron chi connectivity index (χ3n) is 3.71. The number of para-hydroxylation sites is 1. The fourth-order valence-electron chi connectivity index (χ4n) is 2.51. The summed E-state index contributed by atoms with van der Waals surface area (Å²) >= 11 is 0. The summed E-state index contributed by atoms with van der Waals surface area (Å²) in [5.41, 5.74) is 2.49. The van der Waals surface area contributed by atoms with Crippen LogP contribution in [0, 0.1) is 0 Å². The summed E-state index contributed by atoms with van der Waals surface area (Å²) in [4.78, 5) is 16.5. The Kier molecular flexibility index (Phi) is 3.78. The van der Waals surface area contributed by atoms with Crippen molar-refractivity contribution in [3.05, 3.63) is 60.0 Å². The molecule has 1 N–H and O–H groups in total. The minimum absolute atomic E-state index is 0.121. The van der Waals surface area contributed by atoms with Crippen LogP contribution in [-0.4, -0.2) is 22.6 Å². The van der Waals surface area contributed by atoms with E-state index in [1.165, 1.54) is 0 Å². The standard InChI is InChI=1S/C17H17N3O2/c1-20-14(9-12-7-8-18-11-15(12)20)17(21)19-10-13-5-3-4-6-16(13)22-2/h3-9,11H,10H2,1-2H3,(H,19,21). The van der Waals surface area contributed by atoms with Gasteiger partial charge in [0.1, 0.15) is 11.4 Å². The maximum absolute atomic E-state index is 12.4. The number of methoxy groups -OCH3 is 1. The highest BCUT2D eigenvalue weighted by Crippen LogP contribution is 2.19. The van der Waals surface area contributed by atoms with E-state index >= 15 is 0 Å². The Morgan fingerprint density at radius 3 is 2.91 bits per heavy atom. The lowest BCUT2D eigenvalue weighted by Gasteiger charge is -2.10. The largest absolute Gasteiger partial charge is 0.496 e. The molecule has 22 heavy (non-hydrogen) atoms. The van der Waals surface area contributed by atoms with Gasteiger partial charge < -0.3 is 14.6 Å². The fraction of sp³-hybridized carbons (Fsp3) is 0.176. The number of rotatable bonds is 4. The zero-order valence-corrected chi connectivity index (χ0v) is 12.5. The van der Waals surface area contributed by atoms with E-state index in [0.29, 0.717) is 12.2 Å². The number of carbonyl (C=O) groups excluding carboxylic acids is 1. The molecule has 3 aromatic rings. The van der Waals surface area contributed by atoms with Crippen molar-refractivity contribution in [1.82, 2.24) is 14.9 Å². The Balaban J connectivity index is 1.80. The number of aromatic nitrogens is 2. The molecule has 112 valence electrons. The molecule has 0 fully saturated rings. The SMILES string of the molecule is COc1ccccc1CNC(=O)c1cc2ccncc2n1C. The van der Waals surface area contributed by atoms with Crippen LogP contribution < -0.4 is 10.1 Å². The van der Waals surface area contributed by atoms with Gasteiger partial charge in [-0.3, -0.25) is 9.78 Å². The second kappa shape index (κ2) is 5.89. The highest BCUT2D eigenvalue weighted by Gasteiger charge is 2.13. The van der Waals surface area contributed by atoms with E-state index in [-0.39, 0.29) is 5.91 Å². The average Bonchev–Trinajstić information content (AvgIpc) is 2.90. The zero-order valence-electron chi connectivity index (χ0n) is 12.5. The van der Waals surface area contributed by atoms with Gasteiger partial charge in [0, 0.05) is 30.7 Å². The number of hydrogen-bond donors (Lipinski definition) is 1. The van der Waals surface area contributed by atoms with Crippen molar-refractivity contribution < 1.29 is 9.53 Å². The van der Waals surface area contributed by atoms with Crippen LogP contribution in [0.3, 0.4) is 0 Å². The first-order chi connectivity index (χ1) is 10.7. The fourth-order valence-corrected chi connectivity index (χ4v) is 2.51. The normalized spacial score (nSPS) is 10.6. The summed E-state index contributed by atoms with van der Waals surface area (Å²) in [6, 6.07) is 11.4. The van der Waals surface area contributed by atoms with Gasteiger partial charge >= 0.3 is 0 Å². The molecule has 1 aromatic carbocycles. The molecular weight excluding hydrogens is 278 g/mol. The lowest BCUT2D eigenvalue weighted by Crippen LogP contribution is -2.25. The van der Waals surface area contributed by atoms with E-state index in [4.69, 9.17) is 4.74 Å². The predicted octanol–water partition coefficient (Wildman–Crippen LogP) is 2.51. The molecule has 2 heterocycles. The third-order valence-corrected chi connectivity index (χ3v) is 3.71. The van der Waals surface area contributed by atoms with E-state index in [9.17, 15) is 4.79 Å². The van der Waals surface area contributed by atoms with Gasteiger partial charge in [-0.15, -0.1) is 0 Å². The van der Waals surface area contributed by atoms with Crippen molar-refractivity contribution in [3.8, 4) is 5.75 Å². The van der Waals surface area contributed by atoms with Crippen LogP contribution in [0.1, 0.15) is 16.1 Å². The van der Waals surface area contributed by atoms with E-state index in [1.54, 1.807) is 19.5 Å². The number of hydrogen-bond acceptors (Lipinski definition) is 3. The first-order valence-electron chi connectivity index (χ1n) is 7.00. The van der Waals surface area contributed by atoms with Crippen LogP contribution in [0.2, 0.25) is 0 Å². The molecule has 0 unspecified atom stereocenters. The second-order valence-electron chi connectivity index (χ2n) is 5.02. The summed E-state index contributed by atoms with van der Waals surface area (Å²) in [6.07, 6.45) is 3.48. The van der Waals surface area contributed by atoms with Crippen LogP contribution in [0.15, 0.2) is 48.8 Å². The number of aryl methyl sites for hydroxylation is 1. The lowest BCUT2D eigenvalue weighted by atomic mass is 10.2. The smallest absolute Gasteiger partial charge is 0.268 e. The molecule has 0 radical (unpaired) electrons. The molecule has 3 rings (SSSR count). The lowest BCUT2D eigenvalue weighted by molar-refractivity contribution is 0.0943. The number of nitrogens with one attached hydrogen (secondary N) is 1. The van der Waals surface area contributed by atoms with Gasteiger partial charge in [0.05, 0.1) is 18.8 Å². The summed E-state index contributed by atoms with van der Waals surface area (Å²) < 4.78 is 7.14. The van der Waals surface area contributed by atoms with Crippen LogP contribution in [0.25, 0.3) is 10.9 Å². The van der Waals surface area contributed by atoms with Crippen molar-refractivity contribution in [2.24, 2.45) is 7.05 Å². The van der Waals surface area contributed by atoms with Gasteiger partial charge in [0.25, 0.3) is 5.91 Å². The number of benzene rings is 1. The monoisotopic (exact) mass is 295 g/mol. The van der Waals surface area contributed by atoms with Crippen LogP contribution in [-0.2, 0) is 13.6 Å². The minimum Gasteiger partial charge on any atom is -0.496 e. The van der Waals surface area contributed by atoms with Crippen LogP contribution in [0.5, 0.6) is 5.75 Å². The molecule has 0 atom stereocenters. The molecule has 0 saturated carbocycles. The molecule has 2 aromatic heterocycles. The van der Waals surface area contributed by atoms with Crippen molar-refractivity contribution in [2.45, 2.75) is 6.54 Å². The first kappa shape index (κ1) is 14.1. The molecular formula is C17H17N3O2. The number of nitrogens with zero attached hydrogens (tertiary/aromatic N) is 2. The van der Waals surface area contributed by atoms with Gasteiger partial charge in [0.2, 0.25) is 0 Å². The summed E-state index contributed by atoms with van der Waals surface area (Å²) in [5, 5.41) is 3.93. The Hall–Kier alpha value is -2.82. The summed E-state index contributed by atoms with van der Waals surface area (Å²) in [6.45, 7) is 0.419. The van der Waals surface area contributed by atoms with E-state index < -0.39 is 0 Å². The van der Waals surface area contributed by atoms with Crippen LogP contribution >= 0.6 is 0 Å². The van der Waals surface area contributed by atoms with Gasteiger partial charge in [-0.1, -0.05) is 18.2 Å². The Morgan fingerprint density at radius 1 is 1.32 bits per heavy atom. The van der Waals surface area contributed by atoms with E-state index in [2.05, 4.69) is 10.3 Å². The molecule has 0 aliphatic rings. The van der Waals surface area contributed by atoms with Gasteiger partial charge in [-0.05, 0) is 18.2 Å². The maximum atomic E-state index is 12.4. The van der Waals surface area contributed by atoms with Gasteiger partial charge in [0.15, 0.2) is 0 Å². The van der Waals surface area contributed by atoms with Gasteiger partial charge in [-0.2, -0.15) is 0 Å². The predicted molar refractivity (Wildman–Crippen MR) is 84.9 cm³/mol. The Labute approximate surface area is 128 Å². The Bertz CT molecular complexity index is 824. The average molecular weight is 295 g/mol. The van der Waals surface area contributed by atoms with Crippen LogP contribution in [0.4, 0.5) is 0 Å². The van der Waals surface area contributed by atoms with Crippen molar-refractivity contribution in [3.63, 3.8) is 0 Å². The number of ether oxygens (including phenoxy) is 1. The number of fused-ring (bicyclic) bond motifs is 1. The van der Waals surface area contributed by atoms with E-state index in [0.717, 1.165) is 22.2 Å². The van der Waals surface area contributed by atoms with Gasteiger partial charge in [-0.25, -0.2) is 0 Å². The third kappa shape index (κ3) is 2.53. The van der Waals surface area contributed by atoms with Crippen molar-refractivity contribution in [1.29, 1.82) is 0 Å². The highest BCUT2D eigenvalue weighted by molar-refractivity contribution is 5.98. The topological polar surface area (TPSA) is 56.1 Å². The molecule has 1 amide bonds. The molecule has 5 heteroatoms. The molecule has 0 bridgehead atoms. The Morgan fingerprint density at radius 2 is 2.14 bits per heavy atom. The molecule has 0 aliphatic heterocycles. The van der Waals surface area contributed by atoms with Crippen molar-refractivity contribution >= 4 is 16.8 Å². The number of amides is 1. The molecule has 0 spiro atoms. The molecule has 0 aliphatic carbocycles. The summed E-state index contributed by atoms with van der Waals surface area (Å²) in [7, 11) is 3.49. The number of carbonyl (C=O) groups is 1. The zero-order chi connectivity index (χ0) is 15.5. The maximum Gasteiger partial charge on any atom is 0.268 e. The quantitative estimate of drug-likeness (QED) is 0.804. The number of pyridine rings is 1.